The van der Waals surface area contributed by atoms with Crippen LogP contribution in [0.3, 0.4) is 0 Å². The molecular formula is C28H37F3N8. The highest BCUT2D eigenvalue weighted by molar-refractivity contribution is 5.90. The van der Waals surface area contributed by atoms with Crippen LogP contribution in [-0.4, -0.2) is 75.0 Å². The average Bonchev–Trinajstić information content (AvgIpc) is 3.33. The number of aromatic nitrogens is 4. The summed E-state index contributed by atoms with van der Waals surface area (Å²) in [6, 6.07) is 5.80. The Hall–Kier alpha value is -3.21. The Labute approximate surface area is 227 Å². The first-order valence-electron chi connectivity index (χ1n) is 13.8. The predicted octanol–water partition coefficient (Wildman–Crippen LogP) is 5.77. The Morgan fingerprint density at radius 3 is 2.69 bits per heavy atom. The molecule has 39 heavy (non-hydrogen) atoms. The minimum atomic E-state index is -2.28. The highest BCUT2D eigenvalue weighted by Crippen LogP contribution is 2.35. The number of nitrogens with zero attached hydrogens (tertiary/aromatic N) is 6. The number of aliphatic imine (C=N–C) groups is 1. The first-order valence-corrected chi connectivity index (χ1v) is 13.8. The predicted molar refractivity (Wildman–Crippen MR) is 149 cm³/mol. The molecule has 0 aromatic carbocycles. The van der Waals surface area contributed by atoms with Gasteiger partial charge in [-0.2, -0.15) is 4.98 Å². The van der Waals surface area contributed by atoms with E-state index in [0.717, 1.165) is 40.4 Å². The number of likely N-dealkylation sites (tertiary alicyclic amines) is 1. The molecule has 3 atom stereocenters. The second kappa shape index (κ2) is 11.5. The van der Waals surface area contributed by atoms with E-state index in [1.54, 1.807) is 11.6 Å². The van der Waals surface area contributed by atoms with Gasteiger partial charge in [0.25, 0.3) is 0 Å². The van der Waals surface area contributed by atoms with Gasteiger partial charge in [-0.25, -0.2) is 17.7 Å². The lowest BCUT2D eigenvalue weighted by Gasteiger charge is -2.37. The number of fused-ring (bicyclic) bond motifs is 2. The van der Waals surface area contributed by atoms with Gasteiger partial charge in [0.1, 0.15) is 11.7 Å². The Bertz CT molecular complexity index is 1340. The summed E-state index contributed by atoms with van der Waals surface area (Å²) in [4.78, 5) is 16.5. The summed E-state index contributed by atoms with van der Waals surface area (Å²) >= 11 is 0. The van der Waals surface area contributed by atoms with E-state index >= 15 is 0 Å². The van der Waals surface area contributed by atoms with E-state index in [1.165, 1.54) is 0 Å². The minimum Gasteiger partial charge on any atom is -0.371 e. The third-order valence-corrected chi connectivity index (χ3v) is 7.89. The summed E-state index contributed by atoms with van der Waals surface area (Å²) in [6.07, 6.45) is 0.965. The fourth-order valence-electron chi connectivity index (χ4n) is 5.58. The second-order valence-corrected chi connectivity index (χ2v) is 10.8. The number of anilines is 2. The third kappa shape index (κ3) is 5.88. The number of halogens is 3. The lowest BCUT2D eigenvalue weighted by molar-refractivity contribution is 0.102. The number of hydrogen-bond acceptors (Lipinski definition) is 7. The van der Waals surface area contributed by atoms with Crippen molar-refractivity contribution in [1.82, 2.24) is 24.5 Å². The van der Waals surface area contributed by atoms with Crippen LogP contribution in [0.4, 0.5) is 30.6 Å². The van der Waals surface area contributed by atoms with Crippen molar-refractivity contribution in [2.75, 3.05) is 30.8 Å². The number of alkyl halides is 3. The van der Waals surface area contributed by atoms with Gasteiger partial charge < -0.3 is 10.6 Å². The molecule has 0 bridgehead atoms. The van der Waals surface area contributed by atoms with Crippen molar-refractivity contribution in [1.29, 1.82) is 0 Å². The van der Waals surface area contributed by atoms with Crippen LogP contribution in [0.1, 0.15) is 52.1 Å². The molecule has 8 nitrogen and oxygen atoms in total. The second-order valence-electron chi connectivity index (χ2n) is 10.8. The molecule has 1 unspecified atom stereocenters. The maximum atomic E-state index is 14.9. The molecule has 3 aromatic heterocycles. The summed E-state index contributed by atoms with van der Waals surface area (Å²) in [5, 5.41) is 11.0. The zero-order valence-electron chi connectivity index (χ0n) is 23.0. The number of piperidine rings is 1. The standard InChI is InChI=1S/C28H37F3N8/c1-16(2)38-12-11-22(20(29)15-38)35-28-36-27(32-4)26-19(10-13-39(26)37-28)21-8-9-23-24(34-21)14-18(17(3)33-23)6-5-7-25(30)31/h8-10,13,16,18,20,22,25H,5-7,11-12,14-15H2,1-4H3,(H2,32,35,36,37)/t18?,20-,22+/m1/s1. The monoisotopic (exact) mass is 542 g/mol. The molecule has 2 aliphatic rings. The maximum absolute atomic E-state index is 14.9. The van der Waals surface area contributed by atoms with Gasteiger partial charge >= 0.3 is 0 Å². The van der Waals surface area contributed by atoms with Crippen LogP contribution in [0.5, 0.6) is 0 Å². The quantitative estimate of drug-likeness (QED) is 0.358. The fraction of sp³-hybridized carbons (Fsp3) is 0.571. The van der Waals surface area contributed by atoms with Crippen LogP contribution in [0.15, 0.2) is 29.4 Å². The Morgan fingerprint density at radius 2 is 1.97 bits per heavy atom. The van der Waals surface area contributed by atoms with Gasteiger partial charge in [0.05, 0.1) is 23.1 Å². The highest BCUT2D eigenvalue weighted by Gasteiger charge is 2.31. The topological polar surface area (TPSA) is 82.7 Å². The molecule has 2 aliphatic heterocycles. The van der Waals surface area contributed by atoms with Crippen molar-refractivity contribution in [2.45, 2.75) is 77.6 Å². The van der Waals surface area contributed by atoms with Gasteiger partial charge in [0, 0.05) is 56.0 Å². The minimum absolute atomic E-state index is 0.0897. The van der Waals surface area contributed by atoms with Crippen molar-refractivity contribution < 1.29 is 13.2 Å². The molecule has 0 saturated carbocycles. The van der Waals surface area contributed by atoms with Crippen LogP contribution in [0.2, 0.25) is 0 Å². The molecular weight excluding hydrogens is 505 g/mol. The van der Waals surface area contributed by atoms with Crippen LogP contribution < -0.4 is 10.6 Å². The molecule has 0 spiro atoms. The molecule has 1 saturated heterocycles. The van der Waals surface area contributed by atoms with E-state index in [9.17, 15) is 13.2 Å². The van der Waals surface area contributed by atoms with E-state index in [1.807, 2.05) is 31.3 Å². The van der Waals surface area contributed by atoms with Gasteiger partial charge in [-0.3, -0.25) is 14.9 Å². The zero-order chi connectivity index (χ0) is 27.7. The van der Waals surface area contributed by atoms with Crippen LogP contribution in [0.25, 0.3) is 16.8 Å². The average molecular weight is 543 g/mol. The maximum Gasteiger partial charge on any atom is 0.243 e. The van der Waals surface area contributed by atoms with Crippen LogP contribution in [-0.2, 0) is 6.42 Å². The molecule has 5 heterocycles. The van der Waals surface area contributed by atoms with Crippen molar-refractivity contribution >= 4 is 28.7 Å². The SMILES string of the molecule is CNc1nc(N[C@H]2CCN(C(C)C)C[C@H]2F)nn2ccc(-c3ccc4c(n3)CC(CCCC(F)F)C(C)=N4)c12. The molecule has 0 amide bonds. The Morgan fingerprint density at radius 1 is 1.15 bits per heavy atom. The summed E-state index contributed by atoms with van der Waals surface area (Å²) < 4.78 is 42.0. The molecule has 210 valence electrons. The van der Waals surface area contributed by atoms with Crippen LogP contribution in [0, 0.1) is 5.92 Å². The first kappa shape index (κ1) is 27.4. The van der Waals surface area contributed by atoms with Crippen molar-refractivity contribution in [3.8, 4) is 11.3 Å². The molecule has 1 fully saturated rings. The normalized spacial score (nSPS) is 21.9. The summed E-state index contributed by atoms with van der Waals surface area (Å²) in [7, 11) is 1.80. The van der Waals surface area contributed by atoms with Gasteiger partial charge in [-0.1, -0.05) is 0 Å². The fourth-order valence-corrected chi connectivity index (χ4v) is 5.58. The molecule has 5 rings (SSSR count). The first-order chi connectivity index (χ1) is 18.7. The largest absolute Gasteiger partial charge is 0.371 e. The van der Waals surface area contributed by atoms with E-state index < -0.39 is 12.6 Å². The summed E-state index contributed by atoms with van der Waals surface area (Å²) in [5.74, 6) is 1.09. The van der Waals surface area contributed by atoms with Gasteiger partial charge in [0.2, 0.25) is 12.4 Å². The van der Waals surface area contributed by atoms with Crippen LogP contribution >= 0.6 is 0 Å². The van der Waals surface area contributed by atoms with Crippen molar-refractivity contribution in [2.24, 2.45) is 10.9 Å². The van der Waals surface area contributed by atoms with E-state index in [2.05, 4.69) is 39.5 Å². The van der Waals surface area contributed by atoms with Gasteiger partial charge in [-0.05, 0) is 64.7 Å². The van der Waals surface area contributed by atoms with E-state index in [4.69, 9.17) is 9.98 Å². The lowest BCUT2D eigenvalue weighted by Crippen LogP contribution is -2.50. The molecule has 2 N–H and O–H groups in total. The number of pyridine rings is 1. The highest BCUT2D eigenvalue weighted by atomic mass is 19.3. The molecule has 0 radical (unpaired) electrons. The summed E-state index contributed by atoms with van der Waals surface area (Å²) in [6.45, 7) is 7.35. The zero-order valence-corrected chi connectivity index (χ0v) is 23.0. The summed E-state index contributed by atoms with van der Waals surface area (Å²) in [5.41, 5.74) is 5.06. The van der Waals surface area contributed by atoms with E-state index in [0.29, 0.717) is 50.0 Å². The molecule has 3 aromatic rings. The number of nitrogens with one attached hydrogen (secondary N) is 2. The van der Waals surface area contributed by atoms with Crippen molar-refractivity contribution in [3.63, 3.8) is 0 Å². The van der Waals surface area contributed by atoms with E-state index in [-0.39, 0.29) is 18.4 Å². The van der Waals surface area contributed by atoms with Gasteiger partial charge in [0.15, 0.2) is 5.82 Å². The Balaban J connectivity index is 1.38. The molecule has 0 aliphatic carbocycles. The third-order valence-electron chi connectivity index (χ3n) is 7.89. The number of hydrogen-bond donors (Lipinski definition) is 2. The lowest BCUT2D eigenvalue weighted by atomic mass is 9.89. The van der Waals surface area contributed by atoms with Gasteiger partial charge in [-0.15, -0.1) is 5.10 Å². The Kier molecular flexibility index (Phi) is 8.06. The van der Waals surface area contributed by atoms with Crippen molar-refractivity contribution in [3.05, 3.63) is 30.1 Å². The molecule has 11 heteroatoms. The smallest absolute Gasteiger partial charge is 0.243 e. The number of rotatable bonds is 9.